The van der Waals surface area contributed by atoms with Gasteiger partial charge in [-0.3, -0.25) is 14.7 Å². The van der Waals surface area contributed by atoms with E-state index in [1.165, 1.54) is 29.4 Å². The molecule has 2 aliphatic rings. The molecule has 2 aromatic heterocycles. The first kappa shape index (κ1) is 34.0. The summed E-state index contributed by atoms with van der Waals surface area (Å²) in [5, 5.41) is 9.17. The Bertz CT molecular complexity index is 1600. The van der Waals surface area contributed by atoms with Crippen LogP contribution in [0.4, 0.5) is 32.6 Å². The van der Waals surface area contributed by atoms with Gasteiger partial charge in [0, 0.05) is 31.3 Å². The fourth-order valence-electron chi connectivity index (χ4n) is 6.47. The lowest BCUT2D eigenvalue weighted by Crippen LogP contribution is -2.36. The summed E-state index contributed by atoms with van der Waals surface area (Å²) >= 11 is 0. The van der Waals surface area contributed by atoms with E-state index in [-0.39, 0.29) is 35.9 Å². The minimum atomic E-state index is -4.72. The Labute approximate surface area is 268 Å². The Hall–Kier alpha value is -4.36. The minimum Gasteiger partial charge on any atom is -0.481 e. The Morgan fingerprint density at radius 3 is 2.45 bits per heavy atom. The van der Waals surface area contributed by atoms with E-state index >= 15 is 0 Å². The van der Waals surface area contributed by atoms with Crippen molar-refractivity contribution in [3.8, 4) is 11.3 Å². The summed E-state index contributed by atoms with van der Waals surface area (Å²) in [4.78, 5) is 41.1. The van der Waals surface area contributed by atoms with E-state index in [2.05, 4.69) is 4.98 Å². The number of aromatic nitrogens is 3. The van der Waals surface area contributed by atoms with Crippen molar-refractivity contribution in [2.75, 3.05) is 18.0 Å². The van der Waals surface area contributed by atoms with Gasteiger partial charge in [0.1, 0.15) is 24.3 Å². The van der Waals surface area contributed by atoms with Gasteiger partial charge >= 0.3 is 18.2 Å². The number of alkyl halides is 4. The highest BCUT2D eigenvalue weighted by molar-refractivity contribution is 5.71. The molecule has 0 radical (unpaired) electrons. The molecule has 47 heavy (non-hydrogen) atoms. The summed E-state index contributed by atoms with van der Waals surface area (Å²) in [7, 11) is 0. The van der Waals surface area contributed by atoms with Crippen molar-refractivity contribution in [1.29, 1.82) is 0 Å². The molecule has 14 heteroatoms. The number of anilines is 1. The molecule has 2 atom stereocenters. The van der Waals surface area contributed by atoms with Gasteiger partial charge in [-0.15, -0.1) is 0 Å². The summed E-state index contributed by atoms with van der Waals surface area (Å²) < 4.78 is 73.9. The van der Waals surface area contributed by atoms with E-state index < -0.39 is 48.4 Å². The summed E-state index contributed by atoms with van der Waals surface area (Å²) in [5.74, 6) is -0.480. The summed E-state index contributed by atoms with van der Waals surface area (Å²) in [6, 6.07) is 3.36. The van der Waals surface area contributed by atoms with Crippen molar-refractivity contribution in [3.05, 3.63) is 71.1 Å². The highest BCUT2D eigenvalue weighted by Gasteiger charge is 2.42. The molecule has 1 unspecified atom stereocenters. The lowest BCUT2D eigenvalue weighted by Gasteiger charge is -2.33. The molecule has 252 valence electrons. The number of pyridine rings is 1. The first-order valence-electron chi connectivity index (χ1n) is 15.5. The van der Waals surface area contributed by atoms with E-state index in [9.17, 15) is 36.6 Å². The predicted octanol–water partition coefficient (Wildman–Crippen LogP) is 7.36. The molecule has 1 saturated heterocycles. The second-order valence-corrected chi connectivity index (χ2v) is 12.2. The molecule has 1 amide bonds. The van der Waals surface area contributed by atoms with Gasteiger partial charge in [-0.2, -0.15) is 13.2 Å². The maximum Gasteiger partial charge on any atom is 0.416 e. The van der Waals surface area contributed by atoms with Crippen LogP contribution in [0.1, 0.15) is 74.4 Å². The topological polar surface area (TPSA) is 109 Å². The number of rotatable bonds is 11. The zero-order valence-corrected chi connectivity index (χ0v) is 26.0. The second-order valence-electron chi connectivity index (χ2n) is 12.2. The van der Waals surface area contributed by atoms with Crippen LogP contribution in [0.5, 0.6) is 0 Å². The van der Waals surface area contributed by atoms with E-state index in [1.807, 2.05) is 11.8 Å². The van der Waals surface area contributed by atoms with Crippen LogP contribution in [0.3, 0.4) is 0 Å². The molecule has 2 fully saturated rings. The lowest BCUT2D eigenvalue weighted by molar-refractivity contribution is -0.139. The molecular formula is C33H36F5N5O4. The first-order chi connectivity index (χ1) is 22.4. The maximum absolute atomic E-state index is 14.0. The molecule has 1 aliphatic heterocycles. The molecule has 9 nitrogen and oxygen atoms in total. The van der Waals surface area contributed by atoms with Gasteiger partial charge < -0.3 is 14.7 Å². The van der Waals surface area contributed by atoms with Crippen molar-refractivity contribution in [1.82, 2.24) is 19.9 Å². The van der Waals surface area contributed by atoms with Gasteiger partial charge in [0.15, 0.2) is 5.82 Å². The van der Waals surface area contributed by atoms with Crippen LogP contribution in [0.25, 0.3) is 11.3 Å². The first-order valence-corrected chi connectivity index (χ1v) is 15.5. The Morgan fingerprint density at radius 2 is 1.81 bits per heavy atom. The van der Waals surface area contributed by atoms with Gasteiger partial charge in [-0.25, -0.2) is 23.5 Å². The number of halogens is 5. The molecule has 3 heterocycles. The van der Waals surface area contributed by atoms with E-state index in [1.54, 1.807) is 6.92 Å². The Morgan fingerprint density at radius 1 is 1.09 bits per heavy atom. The molecule has 1 saturated carbocycles. The molecule has 1 N–H and O–H groups in total. The third-order valence-electron chi connectivity index (χ3n) is 8.95. The van der Waals surface area contributed by atoms with Gasteiger partial charge in [0.2, 0.25) is 0 Å². The predicted molar refractivity (Wildman–Crippen MR) is 161 cm³/mol. The van der Waals surface area contributed by atoms with Gasteiger partial charge in [-0.05, 0) is 86.8 Å². The third-order valence-corrected chi connectivity index (χ3v) is 8.95. The standard InChI is InChI=1S/C33H36F5N5O4/c1-3-42(17-21-6-4-20(5-7-21)10-29(44)45)31-28(41-27(16-40-31)24-12-26(35)15-39-14-24)18-43-19(2)30(47-32(43)46)23-8-22(13-34)9-25(11-23)33(36,37)38/h8-9,11-12,14-16,19-21,30H,3-7,10,13,17-18H2,1-2H3,(H,44,45)/t19-,20-,21-,30?/m0/s1. The van der Waals surface area contributed by atoms with Crippen molar-refractivity contribution < 1.29 is 41.4 Å². The molecule has 0 bridgehead atoms. The van der Waals surface area contributed by atoms with Crippen LogP contribution in [0, 0.1) is 17.7 Å². The summed E-state index contributed by atoms with van der Waals surface area (Å²) in [6.07, 6.45) is 0.822. The number of cyclic esters (lactones) is 1. The fourth-order valence-corrected chi connectivity index (χ4v) is 6.47. The number of benzene rings is 1. The average Bonchev–Trinajstić information content (AvgIpc) is 3.32. The second kappa shape index (κ2) is 14.2. The van der Waals surface area contributed by atoms with Crippen LogP contribution in [-0.4, -0.2) is 56.2 Å². The lowest BCUT2D eigenvalue weighted by atomic mass is 9.80. The quantitative estimate of drug-likeness (QED) is 0.213. The number of carbonyl (C=O) groups is 2. The zero-order valence-electron chi connectivity index (χ0n) is 26.0. The molecular weight excluding hydrogens is 625 g/mol. The number of hydrogen-bond acceptors (Lipinski definition) is 7. The SMILES string of the molecule is CCN(C[C@H]1CC[C@H](CC(=O)O)CC1)c1ncc(-c2cncc(F)c2)nc1CN1C(=O)OC(c2cc(CF)cc(C(F)(F)F)c2)[C@@H]1C. The summed E-state index contributed by atoms with van der Waals surface area (Å²) in [6.45, 7) is 3.49. The van der Waals surface area contributed by atoms with Crippen LogP contribution >= 0.6 is 0 Å². The fraction of sp³-hybridized carbons (Fsp3) is 0.485. The number of hydrogen-bond donors (Lipinski definition) is 1. The monoisotopic (exact) mass is 661 g/mol. The van der Waals surface area contributed by atoms with Gasteiger partial charge in [0.25, 0.3) is 0 Å². The van der Waals surface area contributed by atoms with E-state index in [0.29, 0.717) is 35.9 Å². The zero-order chi connectivity index (χ0) is 33.9. The third kappa shape index (κ3) is 7.96. The maximum atomic E-state index is 14.0. The average molecular weight is 662 g/mol. The van der Waals surface area contributed by atoms with Crippen molar-refractivity contribution in [2.45, 2.75) is 77.5 Å². The van der Waals surface area contributed by atoms with Crippen molar-refractivity contribution in [2.24, 2.45) is 11.8 Å². The van der Waals surface area contributed by atoms with Crippen LogP contribution in [-0.2, 0) is 28.9 Å². The van der Waals surface area contributed by atoms with Crippen molar-refractivity contribution in [3.63, 3.8) is 0 Å². The number of carboxylic acid groups (broad SMARTS) is 1. The number of aliphatic carboxylic acids is 1. The van der Waals surface area contributed by atoms with Gasteiger partial charge in [-0.1, -0.05) is 0 Å². The Balaban J connectivity index is 1.44. The highest BCUT2D eigenvalue weighted by Crippen LogP contribution is 2.39. The van der Waals surface area contributed by atoms with Crippen LogP contribution < -0.4 is 4.90 Å². The molecule has 5 rings (SSSR count). The normalized spacial score (nSPS) is 21.5. The molecule has 1 aromatic carbocycles. The van der Waals surface area contributed by atoms with Crippen LogP contribution in [0.2, 0.25) is 0 Å². The largest absolute Gasteiger partial charge is 0.481 e. The number of ether oxygens (including phenoxy) is 1. The van der Waals surface area contributed by atoms with Gasteiger partial charge in [0.05, 0.1) is 36.2 Å². The minimum absolute atomic E-state index is 0.0235. The smallest absolute Gasteiger partial charge is 0.416 e. The van der Waals surface area contributed by atoms with Crippen molar-refractivity contribution >= 4 is 17.9 Å². The number of carboxylic acids is 1. The number of nitrogens with zero attached hydrogens (tertiary/aromatic N) is 5. The highest BCUT2D eigenvalue weighted by atomic mass is 19.4. The van der Waals surface area contributed by atoms with E-state index in [0.717, 1.165) is 44.0 Å². The number of carbonyl (C=O) groups excluding carboxylic acids is 1. The molecule has 3 aromatic rings. The Kier molecular flexibility index (Phi) is 10.3. The van der Waals surface area contributed by atoms with E-state index in [4.69, 9.17) is 14.7 Å². The molecule has 1 aliphatic carbocycles. The van der Waals surface area contributed by atoms with Crippen LogP contribution in [0.15, 0.2) is 42.9 Å². The summed E-state index contributed by atoms with van der Waals surface area (Å²) in [5.41, 5.74) is -0.159. The number of amides is 1. The molecule has 0 spiro atoms.